The lowest BCUT2D eigenvalue weighted by Gasteiger charge is -2.40. The normalized spacial score (nSPS) is 27.7. The second-order valence-corrected chi connectivity index (χ2v) is 14.1. The first kappa shape index (κ1) is 32.5. The van der Waals surface area contributed by atoms with E-state index in [9.17, 15) is 19.5 Å². The summed E-state index contributed by atoms with van der Waals surface area (Å²) in [5.74, 6) is -1.77. The molecular formula is C36H44N4O5S. The molecule has 4 fully saturated rings. The molecule has 10 heteroatoms. The van der Waals surface area contributed by atoms with Gasteiger partial charge in [-0.3, -0.25) is 19.3 Å². The molecule has 0 radical (unpaired) electrons. The van der Waals surface area contributed by atoms with E-state index in [-0.39, 0.29) is 29.6 Å². The number of aliphatic hydroxyl groups is 1. The van der Waals surface area contributed by atoms with Crippen molar-refractivity contribution in [2.45, 2.75) is 34.9 Å². The van der Waals surface area contributed by atoms with Crippen molar-refractivity contribution < 1.29 is 24.2 Å². The van der Waals surface area contributed by atoms with Crippen LogP contribution in [0.25, 0.3) is 0 Å². The van der Waals surface area contributed by atoms with E-state index in [1.807, 2.05) is 60.7 Å². The van der Waals surface area contributed by atoms with Crippen LogP contribution in [0.15, 0.2) is 86.0 Å². The van der Waals surface area contributed by atoms with Gasteiger partial charge in [0.05, 0.1) is 42.4 Å². The molecule has 6 atom stereocenters. The maximum Gasteiger partial charge on any atom is 0.247 e. The summed E-state index contributed by atoms with van der Waals surface area (Å²) in [6, 6.07) is 17.3. The largest absolute Gasteiger partial charge is 0.394 e. The van der Waals surface area contributed by atoms with E-state index in [0.717, 1.165) is 30.8 Å². The molecule has 244 valence electrons. The number of nitrogens with zero attached hydrogens (tertiary/aromatic N) is 4. The lowest BCUT2D eigenvalue weighted by molar-refractivity contribution is -0.146. The van der Waals surface area contributed by atoms with Crippen LogP contribution in [0.2, 0.25) is 0 Å². The summed E-state index contributed by atoms with van der Waals surface area (Å²) >= 11 is 1.65. The second-order valence-electron chi connectivity index (χ2n) is 12.5. The molecule has 0 aliphatic carbocycles. The summed E-state index contributed by atoms with van der Waals surface area (Å²) < 4.78 is 4.73. The molecule has 0 saturated carbocycles. The van der Waals surface area contributed by atoms with Gasteiger partial charge < -0.3 is 24.5 Å². The predicted octanol–water partition coefficient (Wildman–Crippen LogP) is 3.38. The van der Waals surface area contributed by atoms with Crippen molar-refractivity contribution >= 4 is 35.2 Å². The first-order chi connectivity index (χ1) is 22.4. The highest BCUT2D eigenvalue weighted by Crippen LogP contribution is 2.67. The minimum atomic E-state index is -0.829. The summed E-state index contributed by atoms with van der Waals surface area (Å²) in [4.78, 5) is 51.8. The van der Waals surface area contributed by atoms with Crippen LogP contribution in [-0.2, 0) is 19.1 Å². The molecule has 2 bridgehead atoms. The fourth-order valence-electron chi connectivity index (χ4n) is 7.96. The molecule has 2 aromatic rings. The Morgan fingerprint density at radius 1 is 1.02 bits per heavy atom. The van der Waals surface area contributed by atoms with Crippen molar-refractivity contribution in [3.05, 3.63) is 91.5 Å². The van der Waals surface area contributed by atoms with Crippen LogP contribution in [0, 0.1) is 11.8 Å². The number of thioether (sulfide) groups is 1. The number of amides is 3. The third kappa shape index (κ3) is 5.81. The zero-order chi connectivity index (χ0) is 32.3. The van der Waals surface area contributed by atoms with Gasteiger partial charge in [-0.2, -0.15) is 0 Å². The minimum Gasteiger partial charge on any atom is -0.394 e. The number of rotatable bonds is 13. The lowest BCUT2D eigenvalue weighted by atomic mass is 9.70. The number of hydrogen-bond donors (Lipinski definition) is 1. The number of likely N-dealkylation sites (tertiary alicyclic amines) is 1. The van der Waals surface area contributed by atoms with E-state index in [1.165, 1.54) is 0 Å². The fourth-order valence-corrected chi connectivity index (χ4v) is 10.2. The van der Waals surface area contributed by atoms with Gasteiger partial charge in [0.2, 0.25) is 17.7 Å². The third-order valence-electron chi connectivity index (χ3n) is 10.0. The lowest BCUT2D eigenvalue weighted by Crippen LogP contribution is -2.56. The number of para-hydroxylation sites is 1. The molecule has 3 amide bonds. The Labute approximate surface area is 275 Å². The maximum absolute atomic E-state index is 14.9. The second kappa shape index (κ2) is 14.1. The molecular weight excluding hydrogens is 600 g/mol. The van der Waals surface area contributed by atoms with E-state index in [0.29, 0.717) is 45.8 Å². The van der Waals surface area contributed by atoms with Crippen LogP contribution in [0.3, 0.4) is 0 Å². The molecule has 4 heterocycles. The Bertz CT molecular complexity index is 1420. The van der Waals surface area contributed by atoms with Gasteiger partial charge >= 0.3 is 0 Å². The minimum absolute atomic E-state index is 0.0829. The van der Waals surface area contributed by atoms with Crippen LogP contribution < -0.4 is 4.90 Å². The van der Waals surface area contributed by atoms with Gasteiger partial charge in [-0.05, 0) is 30.5 Å². The Balaban J connectivity index is 1.39. The highest BCUT2D eigenvalue weighted by atomic mass is 32.2. The summed E-state index contributed by atoms with van der Waals surface area (Å²) in [6.45, 7) is 12.3. The van der Waals surface area contributed by atoms with E-state index < -0.39 is 28.7 Å². The molecule has 6 rings (SSSR count). The standard InChI is InChI=1S/C36H44N4O5S/c1-3-17-38(20-19-37-21-23-45-24-22-37)35(44)32-36-16-15-29(46-36)30(33(42)39(18-4-2)27-13-9-6-10-14-27)31(36)34(43)40(32)28(25-41)26-11-7-5-8-12-26/h3-14,28-32,41H,1-2,15-25H2/t28-,29+,30-,31+,32?,36?/m1/s1. The average molecular weight is 645 g/mol. The monoisotopic (exact) mass is 644 g/mol. The van der Waals surface area contributed by atoms with Crippen molar-refractivity contribution in [3.8, 4) is 0 Å². The van der Waals surface area contributed by atoms with Crippen molar-refractivity contribution in [1.29, 1.82) is 0 Å². The Kier molecular flexibility index (Phi) is 9.98. The highest BCUT2D eigenvalue weighted by Gasteiger charge is 2.74. The maximum atomic E-state index is 14.9. The van der Waals surface area contributed by atoms with Crippen LogP contribution in [0.1, 0.15) is 24.4 Å². The Morgan fingerprint density at radius 3 is 2.35 bits per heavy atom. The molecule has 4 saturated heterocycles. The Hall–Kier alpha value is -3.44. The SMILES string of the molecule is C=CCN(CCN1CCOCC1)C(=O)C1N([C@H](CO)c2ccccc2)C(=O)[C@@H]2[C@H](C(=O)N(CC=C)c3ccccc3)[C@@H]3CCC12S3. The molecule has 2 aromatic carbocycles. The van der Waals surface area contributed by atoms with E-state index in [2.05, 4.69) is 18.1 Å². The van der Waals surface area contributed by atoms with E-state index in [1.54, 1.807) is 38.6 Å². The quantitative estimate of drug-likeness (QED) is 0.335. The zero-order valence-electron chi connectivity index (χ0n) is 26.3. The van der Waals surface area contributed by atoms with Crippen LogP contribution in [0.5, 0.6) is 0 Å². The van der Waals surface area contributed by atoms with Gasteiger partial charge in [0.25, 0.3) is 0 Å². The van der Waals surface area contributed by atoms with Crippen LogP contribution in [-0.4, -0.2) is 113 Å². The third-order valence-corrected chi connectivity index (χ3v) is 12.0. The van der Waals surface area contributed by atoms with Crippen LogP contribution >= 0.6 is 11.8 Å². The molecule has 9 nitrogen and oxygen atoms in total. The summed E-state index contributed by atoms with van der Waals surface area (Å²) in [6.07, 6.45) is 4.83. The molecule has 46 heavy (non-hydrogen) atoms. The first-order valence-electron chi connectivity index (χ1n) is 16.3. The predicted molar refractivity (Wildman–Crippen MR) is 180 cm³/mol. The smallest absolute Gasteiger partial charge is 0.247 e. The molecule has 2 unspecified atom stereocenters. The van der Waals surface area contributed by atoms with Gasteiger partial charge in [0.1, 0.15) is 6.04 Å². The van der Waals surface area contributed by atoms with Gasteiger partial charge in [-0.25, -0.2) is 0 Å². The number of carbonyl (C=O) groups is 3. The Morgan fingerprint density at radius 2 is 1.70 bits per heavy atom. The number of morpholine rings is 1. The number of ether oxygens (including phenoxy) is 1. The first-order valence-corrected chi connectivity index (χ1v) is 17.2. The summed E-state index contributed by atoms with van der Waals surface area (Å²) in [5, 5.41) is 10.8. The number of fused-ring (bicyclic) bond motifs is 1. The molecule has 0 aromatic heterocycles. The van der Waals surface area contributed by atoms with E-state index in [4.69, 9.17) is 4.74 Å². The zero-order valence-corrected chi connectivity index (χ0v) is 27.1. The molecule has 1 spiro atoms. The van der Waals surface area contributed by atoms with Crippen molar-refractivity contribution in [3.63, 3.8) is 0 Å². The van der Waals surface area contributed by atoms with Crippen molar-refractivity contribution in [1.82, 2.24) is 14.7 Å². The van der Waals surface area contributed by atoms with Gasteiger partial charge in [0.15, 0.2) is 0 Å². The number of anilines is 1. The number of hydrogen-bond acceptors (Lipinski definition) is 7. The highest BCUT2D eigenvalue weighted by molar-refractivity contribution is 8.02. The topological polar surface area (TPSA) is 93.6 Å². The molecule has 1 N–H and O–H groups in total. The fraction of sp³-hybridized carbons (Fsp3) is 0.472. The molecule has 4 aliphatic heterocycles. The van der Waals surface area contributed by atoms with Crippen molar-refractivity contribution in [2.24, 2.45) is 11.8 Å². The van der Waals surface area contributed by atoms with Crippen molar-refractivity contribution in [2.75, 3.05) is 64.0 Å². The van der Waals surface area contributed by atoms with Gasteiger partial charge in [0, 0.05) is 50.2 Å². The van der Waals surface area contributed by atoms with Gasteiger partial charge in [-0.1, -0.05) is 60.7 Å². The molecule has 4 aliphatic rings. The average Bonchev–Trinajstić information content (AvgIpc) is 3.74. The number of aliphatic hydroxyl groups excluding tert-OH is 1. The summed E-state index contributed by atoms with van der Waals surface area (Å²) in [7, 11) is 0. The summed E-state index contributed by atoms with van der Waals surface area (Å²) in [5.41, 5.74) is 1.51. The number of benzene rings is 2. The van der Waals surface area contributed by atoms with Gasteiger partial charge in [-0.15, -0.1) is 24.9 Å². The van der Waals surface area contributed by atoms with E-state index >= 15 is 0 Å². The number of carbonyl (C=O) groups excluding carboxylic acids is 3. The van der Waals surface area contributed by atoms with Crippen LogP contribution in [0.4, 0.5) is 5.69 Å².